The Morgan fingerprint density at radius 3 is 2.50 bits per heavy atom. The summed E-state index contributed by atoms with van der Waals surface area (Å²) in [6, 6.07) is 5.12. The zero-order valence-corrected chi connectivity index (χ0v) is 12.0. The summed E-state index contributed by atoms with van der Waals surface area (Å²) < 4.78 is 39.6. The highest BCUT2D eigenvalue weighted by Crippen LogP contribution is 2.37. The Labute approximate surface area is 118 Å². The van der Waals surface area contributed by atoms with Crippen molar-refractivity contribution in [2.45, 2.75) is 30.2 Å². The van der Waals surface area contributed by atoms with Crippen LogP contribution in [0.1, 0.15) is 19.3 Å². The highest BCUT2D eigenvalue weighted by molar-refractivity contribution is 7.89. The van der Waals surface area contributed by atoms with Gasteiger partial charge in [0.2, 0.25) is 10.0 Å². The quantitative estimate of drug-likeness (QED) is 0.901. The molecule has 0 radical (unpaired) electrons. The van der Waals surface area contributed by atoms with E-state index in [-0.39, 0.29) is 16.9 Å². The number of nitrogens with zero attached hydrogens (tertiary/aromatic N) is 1. The molecule has 2 N–H and O–H groups in total. The van der Waals surface area contributed by atoms with Gasteiger partial charge in [0, 0.05) is 19.1 Å². The fourth-order valence-corrected chi connectivity index (χ4v) is 4.96. The molecule has 1 aliphatic heterocycles. The second kappa shape index (κ2) is 5.09. The van der Waals surface area contributed by atoms with Crippen LogP contribution >= 0.6 is 0 Å². The number of hydrogen-bond donors (Lipinski definition) is 1. The number of sulfonamides is 1. The van der Waals surface area contributed by atoms with E-state index in [1.54, 1.807) is 0 Å². The van der Waals surface area contributed by atoms with Crippen LogP contribution in [0.4, 0.5) is 4.39 Å². The first-order chi connectivity index (χ1) is 9.48. The van der Waals surface area contributed by atoms with Gasteiger partial charge < -0.3 is 5.73 Å². The summed E-state index contributed by atoms with van der Waals surface area (Å²) in [5.74, 6) is 0.203. The van der Waals surface area contributed by atoms with Crippen molar-refractivity contribution in [3.63, 3.8) is 0 Å². The predicted molar refractivity (Wildman–Crippen MR) is 74.0 cm³/mol. The van der Waals surface area contributed by atoms with Gasteiger partial charge in [-0.15, -0.1) is 0 Å². The van der Waals surface area contributed by atoms with Gasteiger partial charge in [0.25, 0.3) is 0 Å². The Balaban J connectivity index is 1.84. The maximum Gasteiger partial charge on any atom is 0.243 e. The molecule has 0 aromatic heterocycles. The van der Waals surface area contributed by atoms with Gasteiger partial charge in [-0.05, 0) is 48.9 Å². The highest BCUT2D eigenvalue weighted by Gasteiger charge is 2.43. The van der Waals surface area contributed by atoms with Gasteiger partial charge in [-0.1, -0.05) is 6.42 Å². The van der Waals surface area contributed by atoms with E-state index in [4.69, 9.17) is 5.73 Å². The lowest BCUT2D eigenvalue weighted by molar-refractivity contribution is 0.260. The van der Waals surface area contributed by atoms with Crippen molar-refractivity contribution in [2.24, 2.45) is 17.6 Å². The Morgan fingerprint density at radius 2 is 1.85 bits per heavy atom. The molecule has 0 amide bonds. The van der Waals surface area contributed by atoms with E-state index < -0.39 is 15.8 Å². The van der Waals surface area contributed by atoms with E-state index >= 15 is 0 Å². The second-order valence-electron chi connectivity index (χ2n) is 5.79. The summed E-state index contributed by atoms with van der Waals surface area (Å²) in [7, 11) is -3.53. The van der Waals surface area contributed by atoms with Crippen molar-refractivity contribution >= 4 is 10.0 Å². The second-order valence-corrected chi connectivity index (χ2v) is 7.73. The van der Waals surface area contributed by atoms with E-state index in [2.05, 4.69) is 0 Å². The molecule has 3 rings (SSSR count). The van der Waals surface area contributed by atoms with Crippen LogP contribution in [0.25, 0.3) is 0 Å². The summed E-state index contributed by atoms with van der Waals surface area (Å²) in [4.78, 5) is 0.158. The Bertz CT molecular complexity index is 588. The molecule has 1 saturated carbocycles. The summed E-state index contributed by atoms with van der Waals surface area (Å²) in [5, 5.41) is 0. The predicted octanol–water partition coefficient (Wildman–Crippen LogP) is 1.57. The molecule has 4 nitrogen and oxygen atoms in total. The molecule has 2 aliphatic rings. The van der Waals surface area contributed by atoms with Crippen LogP contribution in [0.15, 0.2) is 29.2 Å². The Morgan fingerprint density at radius 1 is 1.15 bits per heavy atom. The summed E-state index contributed by atoms with van der Waals surface area (Å²) in [5.41, 5.74) is 6.11. The number of nitrogens with two attached hydrogens (primary N) is 1. The topological polar surface area (TPSA) is 63.4 Å². The minimum atomic E-state index is -3.53. The fraction of sp³-hybridized carbons (Fsp3) is 0.571. The minimum Gasteiger partial charge on any atom is -0.327 e. The molecule has 20 heavy (non-hydrogen) atoms. The molecule has 1 aromatic rings. The lowest BCUT2D eigenvalue weighted by Gasteiger charge is -2.29. The van der Waals surface area contributed by atoms with Crippen molar-refractivity contribution in [2.75, 3.05) is 13.1 Å². The third kappa shape index (κ3) is 2.36. The number of hydrogen-bond acceptors (Lipinski definition) is 3. The molecular formula is C14H19FN2O2S. The SMILES string of the molecule is NC1CCCC2CN(S(=O)(=O)c3ccc(F)cc3)CC12. The molecule has 2 fully saturated rings. The fourth-order valence-electron chi connectivity index (χ4n) is 3.43. The van der Waals surface area contributed by atoms with Gasteiger partial charge in [0.05, 0.1) is 4.90 Å². The van der Waals surface area contributed by atoms with Crippen LogP contribution in [0.5, 0.6) is 0 Å². The van der Waals surface area contributed by atoms with Gasteiger partial charge >= 0.3 is 0 Å². The Hall–Kier alpha value is -0.980. The molecule has 1 aliphatic carbocycles. The lowest BCUT2D eigenvalue weighted by atomic mass is 9.78. The zero-order chi connectivity index (χ0) is 14.3. The normalized spacial score (nSPS) is 31.2. The number of fused-ring (bicyclic) bond motifs is 1. The van der Waals surface area contributed by atoms with E-state index in [1.807, 2.05) is 0 Å². The van der Waals surface area contributed by atoms with Crippen LogP contribution in [0, 0.1) is 17.7 Å². The first-order valence-corrected chi connectivity index (χ1v) is 8.44. The summed E-state index contributed by atoms with van der Waals surface area (Å²) in [6.45, 7) is 1.03. The molecule has 3 atom stereocenters. The van der Waals surface area contributed by atoms with Crippen molar-refractivity contribution in [1.82, 2.24) is 4.31 Å². The minimum absolute atomic E-state index is 0.0992. The van der Waals surface area contributed by atoms with Gasteiger partial charge in [0.1, 0.15) is 5.82 Å². The molecule has 1 heterocycles. The average molecular weight is 298 g/mol. The van der Waals surface area contributed by atoms with Crippen LogP contribution in [0.2, 0.25) is 0 Å². The zero-order valence-electron chi connectivity index (χ0n) is 11.2. The highest BCUT2D eigenvalue weighted by atomic mass is 32.2. The van der Waals surface area contributed by atoms with E-state index in [9.17, 15) is 12.8 Å². The maximum atomic E-state index is 12.9. The number of rotatable bonds is 2. The van der Waals surface area contributed by atoms with Gasteiger partial charge in [-0.2, -0.15) is 4.31 Å². The van der Waals surface area contributed by atoms with E-state index in [0.29, 0.717) is 19.0 Å². The number of halogens is 1. The van der Waals surface area contributed by atoms with Gasteiger partial charge in [0.15, 0.2) is 0 Å². The van der Waals surface area contributed by atoms with Crippen molar-refractivity contribution in [3.05, 3.63) is 30.1 Å². The monoisotopic (exact) mass is 298 g/mol. The van der Waals surface area contributed by atoms with E-state index in [1.165, 1.54) is 28.6 Å². The standard InChI is InChI=1S/C14H19FN2O2S/c15-11-4-6-12(7-5-11)20(18,19)17-8-10-2-1-3-14(16)13(10)9-17/h4-7,10,13-14H,1-3,8-9,16H2. The third-order valence-electron chi connectivity index (χ3n) is 4.57. The van der Waals surface area contributed by atoms with Crippen LogP contribution in [-0.2, 0) is 10.0 Å². The molecular weight excluding hydrogens is 279 g/mol. The molecule has 110 valence electrons. The molecule has 0 bridgehead atoms. The maximum absolute atomic E-state index is 12.9. The summed E-state index contributed by atoms with van der Waals surface area (Å²) in [6.07, 6.45) is 3.10. The average Bonchev–Trinajstić information content (AvgIpc) is 2.85. The van der Waals surface area contributed by atoms with Gasteiger partial charge in [-0.3, -0.25) is 0 Å². The first kappa shape index (κ1) is 14.0. The van der Waals surface area contributed by atoms with Crippen LogP contribution < -0.4 is 5.73 Å². The smallest absolute Gasteiger partial charge is 0.243 e. The molecule has 3 unspecified atom stereocenters. The Kier molecular flexibility index (Phi) is 3.56. The number of benzene rings is 1. The largest absolute Gasteiger partial charge is 0.327 e. The van der Waals surface area contributed by atoms with Crippen molar-refractivity contribution in [3.8, 4) is 0 Å². The lowest BCUT2D eigenvalue weighted by Crippen LogP contribution is -2.38. The van der Waals surface area contributed by atoms with Crippen LogP contribution in [-0.4, -0.2) is 31.9 Å². The third-order valence-corrected chi connectivity index (χ3v) is 6.42. The van der Waals surface area contributed by atoms with Gasteiger partial charge in [-0.25, -0.2) is 12.8 Å². The molecule has 0 spiro atoms. The van der Waals surface area contributed by atoms with Crippen molar-refractivity contribution in [1.29, 1.82) is 0 Å². The van der Waals surface area contributed by atoms with Crippen LogP contribution in [0.3, 0.4) is 0 Å². The molecule has 1 aromatic carbocycles. The molecule has 1 saturated heterocycles. The van der Waals surface area contributed by atoms with E-state index in [0.717, 1.165) is 19.3 Å². The first-order valence-electron chi connectivity index (χ1n) is 7.00. The molecule has 6 heteroatoms. The van der Waals surface area contributed by atoms with Crippen molar-refractivity contribution < 1.29 is 12.8 Å². The summed E-state index contributed by atoms with van der Waals surface area (Å²) >= 11 is 0.